The van der Waals surface area contributed by atoms with E-state index in [2.05, 4.69) is 12.2 Å². The van der Waals surface area contributed by atoms with Gasteiger partial charge in [0, 0.05) is 6.61 Å². The van der Waals surface area contributed by atoms with Crippen LogP contribution in [0.4, 0.5) is 0 Å². The Kier molecular flexibility index (Phi) is 15.3. The van der Waals surface area contributed by atoms with Crippen LogP contribution in [0.2, 0.25) is 0 Å². The lowest BCUT2D eigenvalue weighted by Gasteiger charge is -2.13. The molecule has 5 nitrogen and oxygen atoms in total. The van der Waals surface area contributed by atoms with Gasteiger partial charge in [-0.05, 0) is 38.5 Å². The Labute approximate surface area is 140 Å². The van der Waals surface area contributed by atoms with Crippen LogP contribution in [-0.2, 0) is 4.79 Å². The molecule has 0 amide bonds. The summed E-state index contributed by atoms with van der Waals surface area (Å²) in [5, 5.41) is 35.8. The molecule has 2 unspecified atom stereocenters. The Balaban J connectivity index is 3.26. The van der Waals surface area contributed by atoms with Crippen molar-refractivity contribution in [1.82, 2.24) is 0 Å². The van der Waals surface area contributed by atoms with E-state index in [0.717, 1.165) is 51.4 Å². The van der Waals surface area contributed by atoms with Gasteiger partial charge in [0.05, 0.1) is 6.10 Å². The van der Waals surface area contributed by atoms with E-state index in [-0.39, 0.29) is 6.61 Å². The van der Waals surface area contributed by atoms with Crippen molar-refractivity contribution in [3.8, 4) is 0 Å². The molecule has 0 saturated carbocycles. The van der Waals surface area contributed by atoms with Gasteiger partial charge in [0.1, 0.15) is 0 Å². The maximum Gasteiger partial charge on any atom is 0.335 e. The molecule has 0 spiro atoms. The number of aliphatic hydroxyl groups excluding tert-OH is 3. The van der Waals surface area contributed by atoms with Gasteiger partial charge < -0.3 is 20.4 Å². The number of aliphatic hydroxyl groups is 3. The Morgan fingerprint density at radius 1 is 0.783 bits per heavy atom. The van der Waals surface area contributed by atoms with Gasteiger partial charge in [0.25, 0.3) is 0 Å². The number of carboxylic acids is 1. The molecule has 2 atom stereocenters. The number of carbonyl (C=O) groups is 1. The molecular formula is C18H34O5. The van der Waals surface area contributed by atoms with Crippen LogP contribution in [0.15, 0.2) is 12.2 Å². The summed E-state index contributed by atoms with van der Waals surface area (Å²) in [6.07, 6.45) is 13.7. The molecule has 0 aromatic carbocycles. The van der Waals surface area contributed by atoms with Crippen LogP contribution in [0.5, 0.6) is 0 Å². The number of hydrogen-bond donors (Lipinski definition) is 4. The van der Waals surface area contributed by atoms with E-state index in [1.165, 1.54) is 19.3 Å². The third kappa shape index (κ3) is 14.4. The van der Waals surface area contributed by atoms with Gasteiger partial charge >= 0.3 is 5.97 Å². The number of rotatable bonds is 16. The summed E-state index contributed by atoms with van der Waals surface area (Å²) in [6, 6.07) is 0. The van der Waals surface area contributed by atoms with Crippen molar-refractivity contribution in [3.05, 3.63) is 12.2 Å². The summed E-state index contributed by atoms with van der Waals surface area (Å²) < 4.78 is 0. The fourth-order valence-electron chi connectivity index (χ4n) is 2.43. The molecule has 0 saturated heterocycles. The second-order valence-electron chi connectivity index (χ2n) is 6.09. The van der Waals surface area contributed by atoms with Crippen LogP contribution >= 0.6 is 0 Å². The largest absolute Gasteiger partial charge is 0.479 e. The second kappa shape index (κ2) is 16.0. The highest BCUT2D eigenvalue weighted by Gasteiger charge is 2.22. The first kappa shape index (κ1) is 22.1. The van der Waals surface area contributed by atoms with E-state index in [9.17, 15) is 9.90 Å². The molecule has 0 fully saturated rings. The van der Waals surface area contributed by atoms with E-state index in [0.29, 0.717) is 6.42 Å². The molecule has 136 valence electrons. The summed E-state index contributed by atoms with van der Waals surface area (Å²) in [6.45, 7) is 0.285. The van der Waals surface area contributed by atoms with Gasteiger partial charge in [-0.3, -0.25) is 0 Å². The average Bonchev–Trinajstić information content (AvgIpc) is 2.54. The van der Waals surface area contributed by atoms with E-state index < -0.39 is 18.2 Å². The quantitative estimate of drug-likeness (QED) is 0.258. The molecule has 0 aliphatic carbocycles. The number of carboxylic acid groups (broad SMARTS) is 1. The Morgan fingerprint density at radius 3 is 1.78 bits per heavy atom. The molecule has 0 heterocycles. The van der Waals surface area contributed by atoms with Crippen molar-refractivity contribution in [3.63, 3.8) is 0 Å². The van der Waals surface area contributed by atoms with Crippen molar-refractivity contribution in [2.75, 3.05) is 6.61 Å². The van der Waals surface area contributed by atoms with Gasteiger partial charge in [0.2, 0.25) is 0 Å². The highest BCUT2D eigenvalue weighted by Crippen LogP contribution is 2.12. The minimum atomic E-state index is -1.66. The molecule has 0 bridgehead atoms. The first-order valence-electron chi connectivity index (χ1n) is 8.94. The fraction of sp³-hybridized carbons (Fsp3) is 0.833. The van der Waals surface area contributed by atoms with Crippen LogP contribution in [-0.4, -0.2) is 45.2 Å². The van der Waals surface area contributed by atoms with Crippen LogP contribution in [0.25, 0.3) is 0 Å². The minimum Gasteiger partial charge on any atom is -0.479 e. The van der Waals surface area contributed by atoms with E-state index >= 15 is 0 Å². The summed E-state index contributed by atoms with van der Waals surface area (Å²) in [5.74, 6) is -1.36. The summed E-state index contributed by atoms with van der Waals surface area (Å²) in [7, 11) is 0. The molecule has 0 aromatic rings. The number of allylic oxidation sites excluding steroid dienone is 2. The molecule has 0 aliphatic rings. The standard InChI is InChI=1S/C18H34O5/c19-15-13-11-9-7-5-3-1-2-4-6-8-10-12-14-16(20)17(21)18(22)23/h5,7,16-17,19-21H,1-4,6,8-15H2,(H,22,23). The average molecular weight is 330 g/mol. The fourth-order valence-corrected chi connectivity index (χ4v) is 2.43. The SMILES string of the molecule is O=C(O)C(O)C(O)CCCCCCCCCC=CCCCCO. The van der Waals surface area contributed by atoms with Crippen LogP contribution in [0.1, 0.15) is 77.0 Å². The van der Waals surface area contributed by atoms with Crippen molar-refractivity contribution in [2.24, 2.45) is 0 Å². The van der Waals surface area contributed by atoms with Crippen LogP contribution in [0.3, 0.4) is 0 Å². The van der Waals surface area contributed by atoms with Crippen LogP contribution < -0.4 is 0 Å². The summed E-state index contributed by atoms with van der Waals surface area (Å²) in [4.78, 5) is 10.5. The Morgan fingerprint density at radius 2 is 1.26 bits per heavy atom. The van der Waals surface area contributed by atoms with Gasteiger partial charge in [0.15, 0.2) is 6.10 Å². The molecule has 0 aromatic heterocycles. The first-order chi connectivity index (χ1) is 11.1. The minimum absolute atomic E-state index is 0.285. The van der Waals surface area contributed by atoms with Crippen molar-refractivity contribution >= 4 is 5.97 Å². The highest BCUT2D eigenvalue weighted by molar-refractivity contribution is 5.72. The predicted octanol–water partition coefficient (Wildman–Crippen LogP) is 3.02. The lowest BCUT2D eigenvalue weighted by Crippen LogP contribution is -2.33. The smallest absolute Gasteiger partial charge is 0.335 e. The molecule has 23 heavy (non-hydrogen) atoms. The topological polar surface area (TPSA) is 98.0 Å². The number of aliphatic carboxylic acids is 1. The lowest BCUT2D eigenvalue weighted by atomic mass is 10.0. The highest BCUT2D eigenvalue weighted by atomic mass is 16.4. The predicted molar refractivity (Wildman–Crippen MR) is 91.3 cm³/mol. The summed E-state index contributed by atoms with van der Waals surface area (Å²) >= 11 is 0. The molecule has 5 heteroatoms. The first-order valence-corrected chi connectivity index (χ1v) is 8.94. The van der Waals surface area contributed by atoms with Gasteiger partial charge in [-0.1, -0.05) is 50.7 Å². The van der Waals surface area contributed by atoms with Gasteiger partial charge in [-0.25, -0.2) is 4.79 Å². The normalized spacial score (nSPS) is 14.2. The number of hydrogen-bond acceptors (Lipinski definition) is 4. The number of unbranched alkanes of at least 4 members (excludes halogenated alkanes) is 9. The Hall–Kier alpha value is -0.910. The zero-order chi connectivity index (χ0) is 17.3. The van der Waals surface area contributed by atoms with Crippen molar-refractivity contribution in [2.45, 2.75) is 89.3 Å². The van der Waals surface area contributed by atoms with Crippen molar-refractivity contribution in [1.29, 1.82) is 0 Å². The lowest BCUT2D eigenvalue weighted by molar-refractivity contribution is -0.153. The van der Waals surface area contributed by atoms with E-state index in [1.54, 1.807) is 0 Å². The monoisotopic (exact) mass is 330 g/mol. The molecule has 0 radical (unpaired) electrons. The zero-order valence-electron chi connectivity index (χ0n) is 14.2. The second-order valence-corrected chi connectivity index (χ2v) is 6.09. The summed E-state index contributed by atoms with van der Waals surface area (Å²) in [5.41, 5.74) is 0. The zero-order valence-corrected chi connectivity index (χ0v) is 14.2. The molecular weight excluding hydrogens is 296 g/mol. The molecule has 0 aliphatic heterocycles. The van der Waals surface area contributed by atoms with Crippen molar-refractivity contribution < 1.29 is 25.2 Å². The van der Waals surface area contributed by atoms with Gasteiger partial charge in [-0.2, -0.15) is 0 Å². The third-order valence-electron chi connectivity index (χ3n) is 3.93. The van der Waals surface area contributed by atoms with Crippen LogP contribution in [0, 0.1) is 0 Å². The third-order valence-corrected chi connectivity index (χ3v) is 3.93. The van der Waals surface area contributed by atoms with Gasteiger partial charge in [-0.15, -0.1) is 0 Å². The molecule has 0 rings (SSSR count). The Bertz CT molecular complexity index is 304. The van der Waals surface area contributed by atoms with E-state index in [4.69, 9.17) is 15.3 Å². The van der Waals surface area contributed by atoms with E-state index in [1.807, 2.05) is 0 Å². The maximum absolute atomic E-state index is 10.5. The molecule has 4 N–H and O–H groups in total. The maximum atomic E-state index is 10.5.